The summed E-state index contributed by atoms with van der Waals surface area (Å²) in [5.74, 6) is 1.55. The number of halogens is 1. The van der Waals surface area contributed by atoms with Crippen molar-refractivity contribution in [2.24, 2.45) is 7.05 Å². The van der Waals surface area contributed by atoms with Crippen molar-refractivity contribution in [1.29, 1.82) is 0 Å². The largest absolute Gasteiger partial charge is 0.454 e. The Morgan fingerprint density at radius 2 is 1.48 bits per heavy atom. The molecule has 5 aromatic carbocycles. The van der Waals surface area contributed by atoms with E-state index in [2.05, 4.69) is 27.3 Å². The number of furan rings is 1. The summed E-state index contributed by atoms with van der Waals surface area (Å²) in [6.07, 6.45) is 0.440. The van der Waals surface area contributed by atoms with Crippen molar-refractivity contribution >= 4 is 54.8 Å². The Labute approximate surface area is 251 Å². The number of aromatic nitrogens is 4. The molecule has 0 saturated carbocycles. The summed E-state index contributed by atoms with van der Waals surface area (Å²) in [6.45, 7) is 0. The third-order valence-corrected chi connectivity index (χ3v) is 8.69. The number of hydrogen-bond donors (Lipinski definition) is 0. The highest BCUT2D eigenvalue weighted by molar-refractivity contribution is 6.21. The smallest absolute Gasteiger partial charge is 0.160 e. The number of rotatable bonds is 4. The highest BCUT2D eigenvalue weighted by atomic mass is 19.1. The second-order valence-electron chi connectivity index (χ2n) is 11.2. The summed E-state index contributed by atoms with van der Waals surface area (Å²) in [5, 5.41) is 4.14. The third kappa shape index (κ3) is 3.57. The van der Waals surface area contributed by atoms with Crippen LogP contribution in [0, 0.1) is 0 Å². The van der Waals surface area contributed by atoms with Crippen molar-refractivity contribution < 1.29 is 8.81 Å². The van der Waals surface area contributed by atoms with Gasteiger partial charge in [0.15, 0.2) is 11.8 Å². The van der Waals surface area contributed by atoms with Crippen LogP contribution in [-0.4, -0.2) is 19.1 Å². The van der Waals surface area contributed by atoms with Crippen LogP contribution in [0.1, 0.15) is 17.3 Å². The minimum atomic E-state index is -1.34. The number of para-hydroxylation sites is 3. The molecule has 1 atom stereocenters. The van der Waals surface area contributed by atoms with Crippen LogP contribution in [0.3, 0.4) is 0 Å². The number of nitrogens with zero attached hydrogens (tertiary/aromatic N) is 4. The van der Waals surface area contributed by atoms with Crippen molar-refractivity contribution in [3.8, 4) is 17.2 Å². The van der Waals surface area contributed by atoms with Gasteiger partial charge in [0.2, 0.25) is 0 Å². The normalized spacial score (nSPS) is 12.7. The molecule has 0 aliphatic heterocycles. The number of imidazole rings is 1. The zero-order chi connectivity index (χ0) is 29.4. The number of alkyl halides is 1. The molecular formula is C38H25FN4O. The summed E-state index contributed by atoms with van der Waals surface area (Å²) in [7, 11) is 1.99. The van der Waals surface area contributed by atoms with Gasteiger partial charge < -0.3 is 8.98 Å². The fourth-order valence-corrected chi connectivity index (χ4v) is 6.61. The van der Waals surface area contributed by atoms with Crippen LogP contribution in [0.5, 0.6) is 0 Å². The SMILES string of the molecule is Cn1c(-c2cccc(C(F)c3ccc4c5ccc6c7ccccc7oc6c5n(-c5ccccn5)c4c3)c2)nc2ccccc21. The van der Waals surface area contributed by atoms with Crippen molar-refractivity contribution in [2.75, 3.05) is 0 Å². The average Bonchev–Trinajstić information content (AvgIpc) is 3.74. The average molecular weight is 573 g/mol. The summed E-state index contributed by atoms with van der Waals surface area (Å²) in [4.78, 5) is 9.53. The topological polar surface area (TPSA) is 48.8 Å². The minimum Gasteiger partial charge on any atom is -0.454 e. The van der Waals surface area contributed by atoms with E-state index in [4.69, 9.17) is 14.4 Å². The van der Waals surface area contributed by atoms with E-state index >= 15 is 4.39 Å². The van der Waals surface area contributed by atoms with Crippen molar-refractivity contribution in [3.63, 3.8) is 0 Å². The summed E-state index contributed by atoms with van der Waals surface area (Å²) < 4.78 is 27.1. The van der Waals surface area contributed by atoms with E-state index < -0.39 is 6.17 Å². The highest BCUT2D eigenvalue weighted by Crippen LogP contribution is 2.41. The van der Waals surface area contributed by atoms with E-state index in [-0.39, 0.29) is 0 Å². The Balaban J connectivity index is 1.24. The molecule has 210 valence electrons. The lowest BCUT2D eigenvalue weighted by molar-refractivity contribution is 0.402. The van der Waals surface area contributed by atoms with Gasteiger partial charge in [-0.15, -0.1) is 0 Å². The molecular weight excluding hydrogens is 547 g/mol. The maximum atomic E-state index is 16.5. The predicted octanol–water partition coefficient (Wildman–Crippen LogP) is 9.69. The van der Waals surface area contributed by atoms with Crippen molar-refractivity contribution in [3.05, 3.63) is 139 Å². The van der Waals surface area contributed by atoms with Gasteiger partial charge >= 0.3 is 0 Å². The fourth-order valence-electron chi connectivity index (χ4n) is 6.61. The maximum absolute atomic E-state index is 16.5. The van der Waals surface area contributed by atoms with Gasteiger partial charge in [0, 0.05) is 40.4 Å². The molecule has 0 saturated heterocycles. The summed E-state index contributed by atoms with van der Waals surface area (Å²) in [5.41, 5.74) is 7.39. The highest BCUT2D eigenvalue weighted by Gasteiger charge is 2.22. The molecule has 1 unspecified atom stereocenters. The van der Waals surface area contributed by atoms with Crippen LogP contribution in [0.4, 0.5) is 4.39 Å². The first kappa shape index (κ1) is 24.8. The van der Waals surface area contributed by atoms with Crippen LogP contribution in [0.15, 0.2) is 132 Å². The summed E-state index contributed by atoms with van der Waals surface area (Å²) >= 11 is 0. The molecule has 44 heavy (non-hydrogen) atoms. The summed E-state index contributed by atoms with van der Waals surface area (Å²) in [6, 6.07) is 39.7. The molecule has 0 fully saturated rings. The molecule has 5 nitrogen and oxygen atoms in total. The van der Waals surface area contributed by atoms with Gasteiger partial charge in [-0.25, -0.2) is 14.4 Å². The lowest BCUT2D eigenvalue weighted by atomic mass is 9.99. The van der Waals surface area contributed by atoms with Crippen molar-refractivity contribution in [1.82, 2.24) is 19.1 Å². The first-order chi connectivity index (χ1) is 21.7. The first-order valence-electron chi connectivity index (χ1n) is 14.6. The van der Waals surface area contributed by atoms with Gasteiger partial charge in [-0.05, 0) is 59.7 Å². The van der Waals surface area contributed by atoms with E-state index in [9.17, 15) is 0 Å². The molecule has 0 aliphatic carbocycles. The molecule has 4 aromatic heterocycles. The Bertz CT molecular complexity index is 2540. The number of fused-ring (bicyclic) bond motifs is 8. The molecule has 9 aromatic rings. The second-order valence-corrected chi connectivity index (χ2v) is 11.2. The van der Waals surface area contributed by atoms with E-state index in [1.54, 1.807) is 6.20 Å². The third-order valence-electron chi connectivity index (χ3n) is 8.69. The molecule has 4 heterocycles. The molecule has 0 aliphatic rings. The monoisotopic (exact) mass is 572 g/mol. The minimum absolute atomic E-state index is 0.570. The van der Waals surface area contributed by atoms with E-state index in [1.165, 1.54) is 0 Å². The lowest BCUT2D eigenvalue weighted by Crippen LogP contribution is -1.99. The molecule has 0 bridgehead atoms. The van der Waals surface area contributed by atoms with Crippen LogP contribution in [0.25, 0.3) is 72.0 Å². The Hall–Kier alpha value is -5.75. The quantitative estimate of drug-likeness (QED) is 0.211. The predicted molar refractivity (Wildman–Crippen MR) is 175 cm³/mol. The number of hydrogen-bond acceptors (Lipinski definition) is 3. The van der Waals surface area contributed by atoms with Gasteiger partial charge in [-0.2, -0.15) is 0 Å². The zero-order valence-corrected chi connectivity index (χ0v) is 23.8. The van der Waals surface area contributed by atoms with E-state index in [1.807, 2.05) is 110 Å². The number of pyridine rings is 1. The molecule has 0 spiro atoms. The van der Waals surface area contributed by atoms with Crippen LogP contribution < -0.4 is 0 Å². The Morgan fingerprint density at radius 3 is 2.36 bits per heavy atom. The molecule has 0 amide bonds. The van der Waals surface area contributed by atoms with E-state index in [0.717, 1.165) is 72.0 Å². The van der Waals surface area contributed by atoms with Crippen molar-refractivity contribution in [2.45, 2.75) is 6.17 Å². The second kappa shape index (κ2) is 9.38. The van der Waals surface area contributed by atoms with Gasteiger partial charge in [-0.1, -0.05) is 72.8 Å². The van der Waals surface area contributed by atoms with Gasteiger partial charge in [0.25, 0.3) is 0 Å². The van der Waals surface area contributed by atoms with Gasteiger partial charge in [0.05, 0.1) is 22.1 Å². The number of aryl methyl sites for hydroxylation is 1. The fraction of sp³-hybridized carbons (Fsp3) is 0.0526. The Kier molecular flexibility index (Phi) is 5.29. The molecule has 6 heteroatoms. The molecule has 0 N–H and O–H groups in total. The number of benzene rings is 5. The van der Waals surface area contributed by atoms with Gasteiger partial charge in [-0.3, -0.25) is 4.57 Å². The Morgan fingerprint density at radius 1 is 0.682 bits per heavy atom. The van der Waals surface area contributed by atoms with Crippen LogP contribution in [-0.2, 0) is 7.05 Å². The standard InChI is InChI=1S/C38H25FN4O/c1-42-31-13-4-3-12-30(31)41-38(42)25-10-8-9-23(21-25)35(39)24-16-17-26-28-18-19-29-27-11-2-5-14-33(27)44-37(29)36(28)43(32(26)22-24)34-15-6-7-20-40-34/h2-22,35H,1H3. The van der Waals surface area contributed by atoms with Crippen LogP contribution in [0.2, 0.25) is 0 Å². The first-order valence-corrected chi connectivity index (χ1v) is 14.6. The maximum Gasteiger partial charge on any atom is 0.160 e. The zero-order valence-electron chi connectivity index (χ0n) is 23.8. The van der Waals surface area contributed by atoms with Crippen LogP contribution >= 0.6 is 0 Å². The van der Waals surface area contributed by atoms with Gasteiger partial charge in [0.1, 0.15) is 17.2 Å². The molecule has 0 radical (unpaired) electrons. The molecule has 9 rings (SSSR count). The van der Waals surface area contributed by atoms with E-state index in [0.29, 0.717) is 11.1 Å². The lowest BCUT2D eigenvalue weighted by Gasteiger charge is -2.12.